The third-order valence-electron chi connectivity index (χ3n) is 2.01. The van der Waals surface area contributed by atoms with E-state index < -0.39 is 0 Å². The molecule has 1 nitrogen and oxygen atoms in total. The van der Waals surface area contributed by atoms with Gasteiger partial charge in [0.1, 0.15) is 0 Å². The van der Waals surface area contributed by atoms with Gasteiger partial charge in [-0.1, -0.05) is 33.6 Å². The molecular formula is C8H18O. The average Bonchev–Trinajstić information content (AvgIpc) is 1.90. The smallest absolute Gasteiger partial charge is 0.0565 e. The van der Waals surface area contributed by atoms with E-state index >= 15 is 0 Å². The van der Waals surface area contributed by atoms with Gasteiger partial charge in [0.05, 0.1) is 6.10 Å². The van der Waals surface area contributed by atoms with E-state index in [4.69, 9.17) is 0 Å². The van der Waals surface area contributed by atoms with E-state index in [0.717, 1.165) is 19.3 Å². The molecular weight excluding hydrogens is 112 g/mol. The van der Waals surface area contributed by atoms with Gasteiger partial charge in [-0.2, -0.15) is 0 Å². The molecule has 0 radical (unpaired) electrons. The van der Waals surface area contributed by atoms with Crippen LogP contribution in [0, 0.1) is 5.92 Å². The van der Waals surface area contributed by atoms with Crippen molar-refractivity contribution in [3.05, 3.63) is 0 Å². The second kappa shape index (κ2) is 4.80. The molecule has 0 aromatic heterocycles. The highest BCUT2D eigenvalue weighted by Crippen LogP contribution is 2.14. The van der Waals surface area contributed by atoms with Gasteiger partial charge < -0.3 is 5.11 Å². The molecule has 0 fully saturated rings. The first-order valence-electron chi connectivity index (χ1n) is 3.94. The van der Waals surface area contributed by atoms with Gasteiger partial charge in [0.15, 0.2) is 0 Å². The molecule has 0 aliphatic carbocycles. The fourth-order valence-corrected chi connectivity index (χ4v) is 1.17. The van der Waals surface area contributed by atoms with Gasteiger partial charge in [0.2, 0.25) is 0 Å². The molecule has 56 valence electrons. The van der Waals surface area contributed by atoms with Crippen LogP contribution in [0.15, 0.2) is 0 Å². The molecule has 0 saturated heterocycles. The maximum Gasteiger partial charge on any atom is 0.0565 e. The van der Waals surface area contributed by atoms with Gasteiger partial charge in [-0.05, 0) is 12.3 Å². The molecule has 0 aliphatic rings. The van der Waals surface area contributed by atoms with E-state index in [0.29, 0.717) is 5.92 Å². The van der Waals surface area contributed by atoms with Gasteiger partial charge in [-0.15, -0.1) is 0 Å². The summed E-state index contributed by atoms with van der Waals surface area (Å²) in [4.78, 5) is 0. The Balaban J connectivity index is 3.50. The first-order valence-corrected chi connectivity index (χ1v) is 3.94. The van der Waals surface area contributed by atoms with Crippen molar-refractivity contribution < 1.29 is 5.11 Å². The maximum atomic E-state index is 9.32. The predicted molar refractivity (Wildman–Crippen MR) is 40.4 cm³/mol. The number of hydrogen-bond acceptors (Lipinski definition) is 1. The first kappa shape index (κ1) is 8.96. The third kappa shape index (κ3) is 2.85. The van der Waals surface area contributed by atoms with E-state index in [1.807, 2.05) is 6.92 Å². The van der Waals surface area contributed by atoms with Crippen LogP contribution >= 0.6 is 0 Å². The maximum absolute atomic E-state index is 9.32. The Labute approximate surface area is 58.1 Å². The minimum absolute atomic E-state index is 0.0694. The van der Waals surface area contributed by atoms with Gasteiger partial charge in [0.25, 0.3) is 0 Å². The molecule has 9 heavy (non-hydrogen) atoms. The normalized spacial score (nSPS) is 14.3. The molecule has 0 aromatic rings. The molecule has 0 saturated carbocycles. The predicted octanol–water partition coefficient (Wildman–Crippen LogP) is 2.19. The van der Waals surface area contributed by atoms with Crippen molar-refractivity contribution in [2.45, 2.75) is 46.1 Å². The molecule has 0 aliphatic heterocycles. The van der Waals surface area contributed by atoms with Crippen LogP contribution < -0.4 is 0 Å². The van der Waals surface area contributed by atoms with E-state index in [-0.39, 0.29) is 6.10 Å². The van der Waals surface area contributed by atoms with E-state index in [9.17, 15) is 5.11 Å². The third-order valence-corrected chi connectivity index (χ3v) is 2.01. The van der Waals surface area contributed by atoms with Crippen LogP contribution in [0.2, 0.25) is 0 Å². The summed E-state index contributed by atoms with van der Waals surface area (Å²) in [6.07, 6.45) is 3.03. The standard InChI is InChI=1S/C8H18O/c1-4-7(5-2)8(9)6-3/h7-9H,4-6H2,1-3H3/t8-/m0/s1. The van der Waals surface area contributed by atoms with Crippen molar-refractivity contribution in [1.29, 1.82) is 0 Å². The van der Waals surface area contributed by atoms with E-state index in [1.165, 1.54) is 0 Å². The number of aliphatic hydroxyl groups excluding tert-OH is 1. The quantitative estimate of drug-likeness (QED) is 0.618. The summed E-state index contributed by atoms with van der Waals surface area (Å²) in [5.41, 5.74) is 0. The van der Waals surface area contributed by atoms with Crippen molar-refractivity contribution in [3.63, 3.8) is 0 Å². The molecule has 0 spiro atoms. The molecule has 1 atom stereocenters. The lowest BCUT2D eigenvalue weighted by Gasteiger charge is -2.17. The molecule has 1 N–H and O–H groups in total. The molecule has 0 amide bonds. The fraction of sp³-hybridized carbons (Fsp3) is 1.00. The summed E-state index contributed by atoms with van der Waals surface area (Å²) < 4.78 is 0. The first-order chi connectivity index (χ1) is 4.26. The topological polar surface area (TPSA) is 20.2 Å². The Kier molecular flexibility index (Phi) is 4.78. The summed E-state index contributed by atoms with van der Waals surface area (Å²) in [5.74, 6) is 0.523. The summed E-state index contributed by atoms with van der Waals surface area (Å²) in [6.45, 7) is 6.29. The van der Waals surface area contributed by atoms with Crippen LogP contribution in [0.1, 0.15) is 40.0 Å². The van der Waals surface area contributed by atoms with Gasteiger partial charge in [0, 0.05) is 0 Å². The minimum Gasteiger partial charge on any atom is -0.393 e. The lowest BCUT2D eigenvalue weighted by Crippen LogP contribution is -2.17. The second-order valence-electron chi connectivity index (χ2n) is 2.55. The van der Waals surface area contributed by atoms with Crippen molar-refractivity contribution in [2.24, 2.45) is 5.92 Å². The zero-order valence-electron chi connectivity index (χ0n) is 6.72. The molecule has 0 bridgehead atoms. The Hall–Kier alpha value is -0.0400. The fourth-order valence-electron chi connectivity index (χ4n) is 1.17. The summed E-state index contributed by atoms with van der Waals surface area (Å²) in [5, 5.41) is 9.32. The lowest BCUT2D eigenvalue weighted by molar-refractivity contribution is 0.0990. The Bertz CT molecular complexity index is 57.6. The van der Waals surface area contributed by atoms with Crippen molar-refractivity contribution >= 4 is 0 Å². The van der Waals surface area contributed by atoms with Crippen LogP contribution in [-0.4, -0.2) is 11.2 Å². The number of hydrogen-bond donors (Lipinski definition) is 1. The van der Waals surface area contributed by atoms with Crippen molar-refractivity contribution in [1.82, 2.24) is 0 Å². The second-order valence-corrected chi connectivity index (χ2v) is 2.55. The molecule has 0 rings (SSSR count). The van der Waals surface area contributed by atoms with Crippen LogP contribution in [0.25, 0.3) is 0 Å². The number of rotatable bonds is 4. The van der Waals surface area contributed by atoms with Crippen molar-refractivity contribution in [3.8, 4) is 0 Å². The number of aliphatic hydroxyl groups is 1. The molecule has 0 aromatic carbocycles. The highest BCUT2D eigenvalue weighted by atomic mass is 16.3. The Morgan fingerprint density at radius 2 is 1.44 bits per heavy atom. The largest absolute Gasteiger partial charge is 0.393 e. The van der Waals surface area contributed by atoms with Crippen molar-refractivity contribution in [2.75, 3.05) is 0 Å². The molecule has 0 unspecified atom stereocenters. The SMILES string of the molecule is CCC(CC)[C@@H](O)CC. The summed E-state index contributed by atoms with van der Waals surface area (Å²) in [7, 11) is 0. The molecule has 1 heteroatoms. The van der Waals surface area contributed by atoms with Gasteiger partial charge >= 0.3 is 0 Å². The zero-order valence-corrected chi connectivity index (χ0v) is 6.72. The van der Waals surface area contributed by atoms with Crippen LogP contribution in [0.3, 0.4) is 0 Å². The lowest BCUT2D eigenvalue weighted by atomic mass is 9.95. The highest BCUT2D eigenvalue weighted by molar-refractivity contribution is 4.63. The van der Waals surface area contributed by atoms with Gasteiger partial charge in [-0.25, -0.2) is 0 Å². The summed E-state index contributed by atoms with van der Waals surface area (Å²) in [6, 6.07) is 0. The van der Waals surface area contributed by atoms with Gasteiger partial charge in [-0.3, -0.25) is 0 Å². The molecule has 0 heterocycles. The van der Waals surface area contributed by atoms with Crippen LogP contribution in [0.4, 0.5) is 0 Å². The van der Waals surface area contributed by atoms with Crippen LogP contribution in [-0.2, 0) is 0 Å². The van der Waals surface area contributed by atoms with Crippen LogP contribution in [0.5, 0.6) is 0 Å². The Morgan fingerprint density at radius 1 is 1.00 bits per heavy atom. The Morgan fingerprint density at radius 3 is 1.56 bits per heavy atom. The highest BCUT2D eigenvalue weighted by Gasteiger charge is 2.11. The monoisotopic (exact) mass is 130 g/mol. The van der Waals surface area contributed by atoms with E-state index in [1.54, 1.807) is 0 Å². The minimum atomic E-state index is -0.0694. The zero-order chi connectivity index (χ0) is 7.28. The average molecular weight is 130 g/mol. The summed E-state index contributed by atoms with van der Waals surface area (Å²) >= 11 is 0. The van der Waals surface area contributed by atoms with E-state index in [2.05, 4.69) is 13.8 Å².